The summed E-state index contributed by atoms with van der Waals surface area (Å²) in [5.41, 5.74) is 10.7. The van der Waals surface area contributed by atoms with Crippen LogP contribution in [0, 0.1) is 11.3 Å². The quantitative estimate of drug-likeness (QED) is 0.152. The lowest BCUT2D eigenvalue weighted by Crippen LogP contribution is -2.59. The highest BCUT2D eigenvalue weighted by Crippen LogP contribution is 2.62. The SMILES string of the molecule is C=C(NC1(C)CC(C)(C2=C3Cn4c(cc5c(c4=O)COC(=O)[C@H]5O)C3Nc3cc4c(cc32)OCO4)C1)C(C)NC(=O)CN.CC.CC(C)CS.CCC. The van der Waals surface area contributed by atoms with Crippen LogP contribution in [-0.4, -0.2) is 52.2 Å². The molecule has 1 fully saturated rings. The van der Waals surface area contributed by atoms with Crippen molar-refractivity contribution < 1.29 is 28.9 Å². The Morgan fingerprint density at radius 3 is 2.30 bits per heavy atom. The molecule has 5 aliphatic rings. The van der Waals surface area contributed by atoms with Crippen molar-refractivity contribution in [3.05, 3.63) is 68.8 Å². The number of carbonyl (C=O) groups excluding carboxylic acids is 2. The summed E-state index contributed by atoms with van der Waals surface area (Å²) in [7, 11) is 0. The molecule has 7 rings (SSSR count). The van der Waals surface area contributed by atoms with E-state index in [1.54, 1.807) is 10.6 Å². The van der Waals surface area contributed by atoms with Gasteiger partial charge in [-0.3, -0.25) is 9.59 Å². The van der Waals surface area contributed by atoms with Crippen LogP contribution in [0.1, 0.15) is 116 Å². The van der Waals surface area contributed by atoms with Gasteiger partial charge in [0.25, 0.3) is 5.56 Å². The zero-order valence-electron chi connectivity index (χ0n) is 32.8. The minimum Gasteiger partial charge on any atom is -0.458 e. The molecular formula is C40H59N5O7S. The molecule has 2 aromatic rings. The van der Waals surface area contributed by atoms with Gasteiger partial charge in [-0.2, -0.15) is 12.6 Å². The van der Waals surface area contributed by atoms with E-state index in [-0.39, 0.29) is 54.4 Å². The van der Waals surface area contributed by atoms with Crippen LogP contribution >= 0.6 is 12.6 Å². The average molecular weight is 754 g/mol. The topological polar surface area (TPSA) is 166 Å². The number of thiol groups is 1. The Kier molecular flexibility index (Phi) is 13.4. The number of anilines is 1. The number of aliphatic hydroxyl groups is 1. The van der Waals surface area contributed by atoms with Crippen molar-refractivity contribution in [1.29, 1.82) is 0 Å². The number of benzene rings is 1. The first-order valence-corrected chi connectivity index (χ1v) is 19.4. The largest absolute Gasteiger partial charge is 0.458 e. The summed E-state index contributed by atoms with van der Waals surface area (Å²) in [5, 5.41) is 20.6. The number of fused-ring (bicyclic) bond motifs is 6. The van der Waals surface area contributed by atoms with Gasteiger partial charge in [-0.1, -0.05) is 61.5 Å². The first kappa shape index (κ1) is 41.8. The Morgan fingerprint density at radius 2 is 1.72 bits per heavy atom. The van der Waals surface area contributed by atoms with Crippen LogP contribution in [0.15, 0.2) is 40.8 Å². The van der Waals surface area contributed by atoms with E-state index in [0.29, 0.717) is 40.6 Å². The number of amides is 1. The lowest BCUT2D eigenvalue weighted by Gasteiger charge is -2.57. The molecule has 4 aliphatic heterocycles. The molecule has 2 unspecified atom stereocenters. The van der Waals surface area contributed by atoms with E-state index in [9.17, 15) is 19.5 Å². The number of aliphatic hydroxyl groups excluding tert-OH is 1. The lowest BCUT2D eigenvalue weighted by molar-refractivity contribution is -0.157. The molecule has 0 spiro atoms. The molecular weight excluding hydrogens is 695 g/mol. The molecule has 12 nitrogen and oxygen atoms in total. The van der Waals surface area contributed by atoms with Gasteiger partial charge in [0, 0.05) is 46.4 Å². The van der Waals surface area contributed by atoms with E-state index in [4.69, 9.17) is 19.9 Å². The third kappa shape index (κ3) is 8.42. The number of nitrogens with two attached hydrogens (primary N) is 1. The first-order chi connectivity index (χ1) is 25.1. The summed E-state index contributed by atoms with van der Waals surface area (Å²) >= 11 is 4.02. The van der Waals surface area contributed by atoms with Gasteiger partial charge in [0.1, 0.15) is 6.61 Å². The normalized spacial score (nSPS) is 24.4. The van der Waals surface area contributed by atoms with E-state index in [1.807, 2.05) is 32.9 Å². The Balaban J connectivity index is 0.000000565. The zero-order chi connectivity index (χ0) is 39.4. The molecule has 1 amide bonds. The number of esters is 1. The molecule has 1 saturated carbocycles. The van der Waals surface area contributed by atoms with Crippen molar-refractivity contribution in [1.82, 2.24) is 15.2 Å². The Hall–Kier alpha value is -3.94. The highest BCUT2D eigenvalue weighted by molar-refractivity contribution is 7.80. The summed E-state index contributed by atoms with van der Waals surface area (Å²) < 4.78 is 18.2. The molecule has 5 heterocycles. The maximum absolute atomic E-state index is 13.7. The van der Waals surface area contributed by atoms with Crippen LogP contribution in [0.3, 0.4) is 0 Å². The van der Waals surface area contributed by atoms with E-state index < -0.39 is 12.1 Å². The molecule has 6 N–H and O–H groups in total. The van der Waals surface area contributed by atoms with Gasteiger partial charge >= 0.3 is 5.97 Å². The highest BCUT2D eigenvalue weighted by Gasteiger charge is 2.54. The third-order valence-electron chi connectivity index (χ3n) is 9.80. The van der Waals surface area contributed by atoms with E-state index in [1.165, 1.54) is 6.42 Å². The van der Waals surface area contributed by atoms with Gasteiger partial charge in [-0.05, 0) is 67.1 Å². The lowest BCUT2D eigenvalue weighted by atomic mass is 9.53. The number of allylic oxidation sites excluding steroid dienone is 1. The van der Waals surface area contributed by atoms with Gasteiger partial charge < -0.3 is 45.6 Å². The number of cyclic esters (lactones) is 1. The second-order valence-electron chi connectivity index (χ2n) is 15.0. The number of nitrogens with one attached hydrogen (secondary N) is 3. The van der Waals surface area contributed by atoms with Gasteiger partial charge in [-0.25, -0.2) is 4.79 Å². The molecule has 1 aromatic carbocycles. The summed E-state index contributed by atoms with van der Waals surface area (Å²) in [6.07, 6.45) is 1.28. The van der Waals surface area contributed by atoms with Crippen molar-refractivity contribution in [2.75, 3.05) is 24.4 Å². The fraction of sp³-hybridized carbons (Fsp3) is 0.575. The number of rotatable bonds is 7. The molecule has 53 heavy (non-hydrogen) atoms. The monoisotopic (exact) mass is 753 g/mol. The fourth-order valence-electron chi connectivity index (χ4n) is 7.82. The van der Waals surface area contributed by atoms with Gasteiger partial charge in [0.2, 0.25) is 12.7 Å². The predicted molar refractivity (Wildman–Crippen MR) is 212 cm³/mol. The zero-order valence-corrected chi connectivity index (χ0v) is 33.7. The molecule has 0 saturated heterocycles. The number of hydrogen-bond acceptors (Lipinski definition) is 11. The van der Waals surface area contributed by atoms with E-state index >= 15 is 0 Å². The number of hydrogen-bond donors (Lipinski definition) is 6. The minimum atomic E-state index is -1.50. The van der Waals surface area contributed by atoms with E-state index in [2.05, 4.69) is 76.7 Å². The maximum atomic E-state index is 13.7. The van der Waals surface area contributed by atoms with Crippen molar-refractivity contribution in [2.24, 2.45) is 17.1 Å². The average Bonchev–Trinajstić information content (AvgIpc) is 3.72. The number of nitrogens with zero attached hydrogens (tertiary/aromatic N) is 1. The Morgan fingerprint density at radius 1 is 1.11 bits per heavy atom. The molecule has 0 radical (unpaired) electrons. The number of pyridine rings is 1. The molecule has 0 bridgehead atoms. The van der Waals surface area contributed by atoms with Gasteiger partial charge in [0.05, 0.1) is 24.2 Å². The van der Waals surface area contributed by atoms with Gasteiger partial charge in [-0.15, -0.1) is 0 Å². The minimum absolute atomic E-state index is 0.0896. The second kappa shape index (κ2) is 17.0. The first-order valence-electron chi connectivity index (χ1n) is 18.7. The molecule has 13 heteroatoms. The standard InChI is InChI=1S/C31H35N5O7.C4H10S.C3H8.C2H6/c1-14(33-24(37)8-32)15(2)35-31(4)11-30(3,12-31)25-17-6-22-23(43-13-42-22)7-20(17)34-26-18(25)9-36-21(26)5-16-19(28(36)39)10-41-29(40)27(16)38;1-4(2)3-5;1-3-2;1-2/h5-7,14,26-27,34-35,38H,2,8-13,32H2,1,3-4H3,(H,33,37);4-5H,3H2,1-2H3;3H2,1-2H3;1-2H3/t14?,26?,27-,30?,31?;;;/m0.../s1. The summed E-state index contributed by atoms with van der Waals surface area (Å²) in [5.74, 6) is 2.05. The predicted octanol–water partition coefficient (Wildman–Crippen LogP) is 5.74. The summed E-state index contributed by atoms with van der Waals surface area (Å²) in [6.45, 7) is 23.2. The molecule has 1 aliphatic carbocycles. The van der Waals surface area contributed by atoms with Crippen LogP contribution < -0.4 is 36.7 Å². The van der Waals surface area contributed by atoms with Crippen molar-refractivity contribution in [3.8, 4) is 11.5 Å². The maximum Gasteiger partial charge on any atom is 0.340 e. The number of ether oxygens (including phenoxy) is 3. The van der Waals surface area contributed by atoms with Crippen molar-refractivity contribution in [2.45, 2.75) is 118 Å². The van der Waals surface area contributed by atoms with Crippen molar-refractivity contribution >= 4 is 35.8 Å². The molecule has 1 aromatic heterocycles. The number of carbonyl (C=O) groups is 2. The van der Waals surface area contributed by atoms with Gasteiger partial charge in [0.15, 0.2) is 17.6 Å². The smallest absolute Gasteiger partial charge is 0.340 e. The summed E-state index contributed by atoms with van der Waals surface area (Å²) in [4.78, 5) is 37.6. The third-order valence-corrected chi connectivity index (χ3v) is 10.5. The van der Waals surface area contributed by atoms with Crippen LogP contribution in [0.25, 0.3) is 5.57 Å². The molecule has 292 valence electrons. The number of aromatic nitrogens is 1. The van der Waals surface area contributed by atoms with Crippen LogP contribution in [-0.2, 0) is 27.5 Å². The molecule has 3 atom stereocenters. The Labute approximate surface area is 319 Å². The van der Waals surface area contributed by atoms with Crippen molar-refractivity contribution in [3.63, 3.8) is 0 Å². The highest BCUT2D eigenvalue weighted by atomic mass is 32.1. The van der Waals surface area contributed by atoms with Crippen LogP contribution in [0.5, 0.6) is 11.5 Å². The van der Waals surface area contributed by atoms with Crippen LogP contribution in [0.2, 0.25) is 0 Å². The fourth-order valence-corrected chi connectivity index (χ4v) is 7.82. The summed E-state index contributed by atoms with van der Waals surface area (Å²) in [6, 6.07) is 5.07. The second-order valence-corrected chi connectivity index (χ2v) is 15.4. The van der Waals surface area contributed by atoms with E-state index in [0.717, 1.165) is 46.9 Å². The van der Waals surface area contributed by atoms with Crippen LogP contribution in [0.4, 0.5) is 5.69 Å². The Bertz CT molecular complexity index is 1800.